The van der Waals surface area contributed by atoms with E-state index in [1.54, 1.807) is 18.0 Å². The lowest BCUT2D eigenvalue weighted by atomic mass is 10.1. The van der Waals surface area contributed by atoms with E-state index in [4.69, 9.17) is 16.3 Å². The molecule has 1 atom stereocenters. The van der Waals surface area contributed by atoms with Crippen LogP contribution in [0.3, 0.4) is 0 Å². The van der Waals surface area contributed by atoms with Crippen molar-refractivity contribution in [1.82, 2.24) is 4.98 Å². The van der Waals surface area contributed by atoms with E-state index in [2.05, 4.69) is 48.0 Å². The van der Waals surface area contributed by atoms with E-state index in [0.717, 1.165) is 29.8 Å². The normalized spacial score (nSPS) is 11.7. The zero-order valence-electron chi connectivity index (χ0n) is 20.0. The highest BCUT2D eigenvalue weighted by Gasteiger charge is 2.25. The number of carbonyl (C=O) groups excluding carboxylic acids is 1. The Morgan fingerprint density at radius 2 is 1.67 bits per heavy atom. The fraction of sp³-hybridized carbons (Fsp3) is 0.333. The van der Waals surface area contributed by atoms with Gasteiger partial charge in [-0.3, -0.25) is 9.69 Å². The van der Waals surface area contributed by atoms with E-state index in [1.807, 2.05) is 44.2 Å². The Labute approximate surface area is 202 Å². The standard InChI is InChI=1S/C27H32ClN3O2/c1-6-30(7-2)23-13-11-22(12-14-23)18-31(25-10-8-9-15-29-25)27(32)21(5)33-24-16-19(3)26(28)20(4)17-24/h8-17,21H,6-7,18H2,1-5H3. The van der Waals surface area contributed by atoms with E-state index in [9.17, 15) is 4.79 Å². The van der Waals surface area contributed by atoms with Crippen LogP contribution in [-0.4, -0.2) is 30.1 Å². The summed E-state index contributed by atoms with van der Waals surface area (Å²) in [5.41, 5.74) is 4.03. The number of pyridine rings is 1. The number of hydrogen-bond acceptors (Lipinski definition) is 4. The average molecular weight is 466 g/mol. The lowest BCUT2D eigenvalue weighted by Gasteiger charge is -2.26. The van der Waals surface area contributed by atoms with Gasteiger partial charge in [0.05, 0.1) is 6.54 Å². The van der Waals surface area contributed by atoms with Gasteiger partial charge in [0.1, 0.15) is 11.6 Å². The summed E-state index contributed by atoms with van der Waals surface area (Å²) in [4.78, 5) is 21.9. The van der Waals surface area contributed by atoms with Crippen molar-refractivity contribution < 1.29 is 9.53 Å². The highest BCUT2D eigenvalue weighted by molar-refractivity contribution is 6.32. The van der Waals surface area contributed by atoms with Crippen molar-refractivity contribution in [2.24, 2.45) is 0 Å². The van der Waals surface area contributed by atoms with Crippen LogP contribution in [0.4, 0.5) is 11.5 Å². The maximum absolute atomic E-state index is 13.5. The summed E-state index contributed by atoms with van der Waals surface area (Å²) < 4.78 is 6.03. The topological polar surface area (TPSA) is 45.7 Å². The fourth-order valence-corrected chi connectivity index (χ4v) is 3.93. The van der Waals surface area contributed by atoms with Gasteiger partial charge < -0.3 is 9.64 Å². The molecule has 1 aromatic heterocycles. The van der Waals surface area contributed by atoms with Crippen LogP contribution >= 0.6 is 11.6 Å². The first-order valence-corrected chi connectivity index (χ1v) is 11.7. The van der Waals surface area contributed by atoms with Gasteiger partial charge in [-0.15, -0.1) is 0 Å². The Kier molecular flexibility index (Phi) is 8.34. The molecule has 0 aliphatic heterocycles. The van der Waals surface area contributed by atoms with Crippen LogP contribution in [0.1, 0.15) is 37.5 Å². The van der Waals surface area contributed by atoms with Gasteiger partial charge >= 0.3 is 0 Å². The Morgan fingerprint density at radius 3 is 2.21 bits per heavy atom. The van der Waals surface area contributed by atoms with Gasteiger partial charge in [0.25, 0.3) is 5.91 Å². The second-order valence-corrected chi connectivity index (χ2v) is 8.46. The number of halogens is 1. The molecule has 1 heterocycles. The molecule has 5 nitrogen and oxygen atoms in total. The summed E-state index contributed by atoms with van der Waals surface area (Å²) >= 11 is 6.28. The number of benzene rings is 2. The molecular formula is C27H32ClN3O2. The van der Waals surface area contributed by atoms with E-state index in [1.165, 1.54) is 5.69 Å². The molecule has 3 rings (SSSR count). The summed E-state index contributed by atoms with van der Waals surface area (Å²) in [7, 11) is 0. The number of anilines is 2. The molecule has 0 aliphatic carbocycles. The minimum absolute atomic E-state index is 0.160. The molecule has 3 aromatic rings. The second-order valence-electron chi connectivity index (χ2n) is 8.08. The van der Waals surface area contributed by atoms with Gasteiger partial charge in [0, 0.05) is 30.0 Å². The fourth-order valence-electron chi connectivity index (χ4n) is 3.82. The lowest BCUT2D eigenvalue weighted by Crippen LogP contribution is -2.40. The molecular weight excluding hydrogens is 434 g/mol. The molecule has 33 heavy (non-hydrogen) atoms. The zero-order chi connectivity index (χ0) is 24.0. The molecule has 1 unspecified atom stereocenters. The number of carbonyl (C=O) groups is 1. The number of ether oxygens (including phenoxy) is 1. The van der Waals surface area contributed by atoms with E-state index >= 15 is 0 Å². The maximum Gasteiger partial charge on any atom is 0.269 e. The Hall–Kier alpha value is -3.05. The number of aryl methyl sites for hydroxylation is 2. The second kappa shape index (κ2) is 11.2. The van der Waals surface area contributed by atoms with E-state index < -0.39 is 6.10 Å². The smallest absolute Gasteiger partial charge is 0.269 e. The first-order valence-electron chi connectivity index (χ1n) is 11.3. The van der Waals surface area contributed by atoms with E-state index in [0.29, 0.717) is 23.1 Å². The number of nitrogens with zero attached hydrogens (tertiary/aromatic N) is 3. The van der Waals surface area contributed by atoms with Crippen LogP contribution in [0, 0.1) is 13.8 Å². The van der Waals surface area contributed by atoms with Crippen LogP contribution in [0.25, 0.3) is 0 Å². The van der Waals surface area contributed by atoms with Gasteiger partial charge in [-0.05, 0) is 87.7 Å². The van der Waals surface area contributed by atoms with E-state index in [-0.39, 0.29) is 5.91 Å². The summed E-state index contributed by atoms with van der Waals surface area (Å²) in [6.07, 6.45) is 0.998. The van der Waals surface area contributed by atoms with Crippen molar-refractivity contribution in [3.05, 3.63) is 82.5 Å². The Balaban J connectivity index is 1.83. The minimum Gasteiger partial charge on any atom is -0.481 e. The molecule has 0 aliphatic rings. The third kappa shape index (κ3) is 6.05. The molecule has 6 heteroatoms. The predicted octanol–water partition coefficient (Wildman–Crippen LogP) is 6.20. The van der Waals surface area contributed by atoms with Crippen LogP contribution in [-0.2, 0) is 11.3 Å². The van der Waals surface area contributed by atoms with Gasteiger partial charge in [-0.2, -0.15) is 0 Å². The van der Waals surface area contributed by atoms with Crippen molar-refractivity contribution in [1.29, 1.82) is 0 Å². The number of amides is 1. The molecule has 0 radical (unpaired) electrons. The molecule has 0 N–H and O–H groups in total. The van der Waals surface area contributed by atoms with Crippen molar-refractivity contribution in [3.63, 3.8) is 0 Å². The van der Waals surface area contributed by atoms with Gasteiger partial charge in [-0.25, -0.2) is 4.98 Å². The summed E-state index contributed by atoms with van der Waals surface area (Å²) in [5, 5.41) is 0.713. The van der Waals surface area contributed by atoms with Crippen LogP contribution in [0.2, 0.25) is 5.02 Å². The van der Waals surface area contributed by atoms with Crippen molar-refractivity contribution >= 4 is 29.0 Å². The molecule has 0 bridgehead atoms. The van der Waals surface area contributed by atoms with Crippen LogP contribution in [0.5, 0.6) is 5.75 Å². The highest BCUT2D eigenvalue weighted by atomic mass is 35.5. The maximum atomic E-state index is 13.5. The summed E-state index contributed by atoms with van der Waals surface area (Å²) in [5.74, 6) is 1.06. The first kappa shape index (κ1) is 24.6. The summed E-state index contributed by atoms with van der Waals surface area (Å²) in [6, 6.07) is 17.6. The first-order chi connectivity index (χ1) is 15.8. The molecule has 0 saturated heterocycles. The molecule has 0 saturated carbocycles. The number of aromatic nitrogens is 1. The molecule has 1 amide bonds. The lowest BCUT2D eigenvalue weighted by molar-refractivity contribution is -0.124. The third-order valence-electron chi connectivity index (χ3n) is 5.67. The SMILES string of the molecule is CCN(CC)c1ccc(CN(C(=O)C(C)Oc2cc(C)c(Cl)c(C)c2)c2ccccn2)cc1. The van der Waals surface area contributed by atoms with Gasteiger partial charge in [0.15, 0.2) is 6.10 Å². The largest absolute Gasteiger partial charge is 0.481 e. The Bertz CT molecular complexity index is 1040. The quantitative estimate of drug-likeness (QED) is 0.377. The van der Waals surface area contributed by atoms with Crippen molar-refractivity contribution in [2.45, 2.75) is 47.3 Å². The summed E-state index contributed by atoms with van der Waals surface area (Å²) in [6.45, 7) is 12.2. The number of rotatable bonds is 9. The average Bonchev–Trinajstić information content (AvgIpc) is 2.82. The molecule has 174 valence electrons. The van der Waals surface area contributed by atoms with Crippen molar-refractivity contribution in [2.75, 3.05) is 22.9 Å². The number of hydrogen-bond donors (Lipinski definition) is 0. The molecule has 0 fully saturated rings. The minimum atomic E-state index is -0.693. The third-order valence-corrected chi connectivity index (χ3v) is 6.26. The molecule has 0 spiro atoms. The van der Waals surface area contributed by atoms with Gasteiger partial charge in [-0.1, -0.05) is 29.8 Å². The monoisotopic (exact) mass is 465 g/mol. The van der Waals surface area contributed by atoms with Crippen LogP contribution in [0.15, 0.2) is 60.8 Å². The molecule has 2 aromatic carbocycles. The Morgan fingerprint density at radius 1 is 1.03 bits per heavy atom. The zero-order valence-corrected chi connectivity index (χ0v) is 20.8. The van der Waals surface area contributed by atoms with Crippen molar-refractivity contribution in [3.8, 4) is 5.75 Å². The highest BCUT2D eigenvalue weighted by Crippen LogP contribution is 2.27. The van der Waals surface area contributed by atoms with Gasteiger partial charge in [0.2, 0.25) is 0 Å². The van der Waals surface area contributed by atoms with Crippen LogP contribution < -0.4 is 14.5 Å². The predicted molar refractivity (Wildman–Crippen MR) is 136 cm³/mol.